The lowest BCUT2D eigenvalue weighted by Crippen LogP contribution is -2.32. The van der Waals surface area contributed by atoms with Crippen LogP contribution in [0.15, 0.2) is 54.4 Å². The number of hydrogen-bond donors (Lipinski definition) is 1. The first-order chi connectivity index (χ1) is 13.4. The molecule has 0 aliphatic carbocycles. The van der Waals surface area contributed by atoms with Gasteiger partial charge in [0.1, 0.15) is 11.6 Å². The molecular formula is C21H22FN3O3. The van der Waals surface area contributed by atoms with Gasteiger partial charge in [0.2, 0.25) is 0 Å². The fourth-order valence-corrected chi connectivity index (χ4v) is 3.32. The van der Waals surface area contributed by atoms with Gasteiger partial charge in [-0.15, -0.1) is 0 Å². The summed E-state index contributed by atoms with van der Waals surface area (Å²) < 4.78 is 13.2. The second-order valence-electron chi connectivity index (χ2n) is 6.94. The highest BCUT2D eigenvalue weighted by molar-refractivity contribution is 6.46. The van der Waals surface area contributed by atoms with Crippen LogP contribution in [0.3, 0.4) is 0 Å². The van der Waals surface area contributed by atoms with Gasteiger partial charge in [0.15, 0.2) is 0 Å². The van der Waals surface area contributed by atoms with Crippen LogP contribution in [-0.4, -0.2) is 58.8 Å². The van der Waals surface area contributed by atoms with Gasteiger partial charge in [0.25, 0.3) is 11.7 Å². The quantitative estimate of drug-likeness (QED) is 0.472. The highest BCUT2D eigenvalue weighted by Gasteiger charge is 2.45. The van der Waals surface area contributed by atoms with Gasteiger partial charge in [-0.3, -0.25) is 14.6 Å². The van der Waals surface area contributed by atoms with Crippen LogP contribution in [0.1, 0.15) is 23.6 Å². The molecule has 0 unspecified atom stereocenters. The molecular weight excluding hydrogens is 361 g/mol. The minimum atomic E-state index is -0.750. The molecule has 1 N–H and O–H groups in total. The van der Waals surface area contributed by atoms with E-state index in [4.69, 9.17) is 0 Å². The SMILES string of the molecule is CN(C)CCCN1C(=O)C(=O)C(=C(O)c2ccc(F)cc2)[C@H]1c1cccnc1. The first-order valence-electron chi connectivity index (χ1n) is 8.99. The van der Waals surface area contributed by atoms with Crippen molar-refractivity contribution >= 4 is 17.4 Å². The number of nitrogens with zero attached hydrogens (tertiary/aromatic N) is 3. The van der Waals surface area contributed by atoms with Crippen LogP contribution >= 0.6 is 0 Å². The highest BCUT2D eigenvalue weighted by atomic mass is 19.1. The van der Waals surface area contributed by atoms with E-state index in [1.54, 1.807) is 24.5 Å². The van der Waals surface area contributed by atoms with E-state index in [0.29, 0.717) is 18.5 Å². The summed E-state index contributed by atoms with van der Waals surface area (Å²) in [5.74, 6) is -2.18. The van der Waals surface area contributed by atoms with Gasteiger partial charge < -0.3 is 14.9 Å². The van der Waals surface area contributed by atoms with Crippen molar-refractivity contribution in [3.05, 3.63) is 71.3 Å². The third-order valence-electron chi connectivity index (χ3n) is 4.66. The van der Waals surface area contributed by atoms with Crippen molar-refractivity contribution < 1.29 is 19.1 Å². The number of rotatable bonds is 6. The molecule has 1 aromatic carbocycles. The number of aliphatic hydroxyl groups excluding tert-OH is 1. The number of likely N-dealkylation sites (tertiary alicyclic amines) is 1. The molecule has 146 valence electrons. The van der Waals surface area contributed by atoms with Gasteiger partial charge in [0.05, 0.1) is 11.6 Å². The Kier molecular flexibility index (Phi) is 5.84. The van der Waals surface area contributed by atoms with Gasteiger partial charge >= 0.3 is 0 Å². The number of carbonyl (C=O) groups is 2. The zero-order valence-corrected chi connectivity index (χ0v) is 15.8. The number of hydrogen-bond acceptors (Lipinski definition) is 5. The van der Waals surface area contributed by atoms with Crippen LogP contribution in [0.5, 0.6) is 0 Å². The van der Waals surface area contributed by atoms with Crippen LogP contribution in [0.2, 0.25) is 0 Å². The molecule has 1 atom stereocenters. The topological polar surface area (TPSA) is 73.7 Å². The number of aliphatic hydroxyl groups is 1. The lowest BCUT2D eigenvalue weighted by molar-refractivity contribution is -0.139. The van der Waals surface area contributed by atoms with Crippen molar-refractivity contribution in [3.63, 3.8) is 0 Å². The van der Waals surface area contributed by atoms with Crippen molar-refractivity contribution in [2.75, 3.05) is 27.2 Å². The number of amides is 1. The molecule has 1 saturated heterocycles. The second-order valence-corrected chi connectivity index (χ2v) is 6.94. The van der Waals surface area contributed by atoms with Crippen LogP contribution in [0, 0.1) is 5.82 Å². The van der Waals surface area contributed by atoms with E-state index in [1.807, 2.05) is 19.0 Å². The summed E-state index contributed by atoms with van der Waals surface area (Å²) in [5.41, 5.74) is 0.909. The fourth-order valence-electron chi connectivity index (χ4n) is 3.32. The Morgan fingerprint density at radius 3 is 2.54 bits per heavy atom. The lowest BCUT2D eigenvalue weighted by atomic mass is 9.96. The third-order valence-corrected chi connectivity index (χ3v) is 4.66. The van der Waals surface area contributed by atoms with Gasteiger partial charge in [-0.25, -0.2) is 4.39 Å². The molecule has 0 radical (unpaired) electrons. The van der Waals surface area contributed by atoms with Crippen molar-refractivity contribution in [3.8, 4) is 0 Å². The summed E-state index contributed by atoms with van der Waals surface area (Å²) in [6.45, 7) is 1.11. The summed E-state index contributed by atoms with van der Waals surface area (Å²) in [7, 11) is 3.86. The molecule has 1 aliphatic heterocycles. The number of Topliss-reactive ketones (excluding diaryl/α,β-unsaturated/α-hetero) is 1. The van der Waals surface area contributed by atoms with Crippen molar-refractivity contribution in [2.45, 2.75) is 12.5 Å². The van der Waals surface area contributed by atoms with E-state index in [2.05, 4.69) is 4.98 Å². The normalized spacial score (nSPS) is 18.9. The van der Waals surface area contributed by atoms with Gasteiger partial charge in [0, 0.05) is 24.5 Å². The maximum Gasteiger partial charge on any atom is 0.295 e. The number of ketones is 1. The van der Waals surface area contributed by atoms with Gasteiger partial charge in [-0.1, -0.05) is 6.07 Å². The maximum absolute atomic E-state index is 13.2. The Hall–Kier alpha value is -3.06. The molecule has 2 aromatic rings. The molecule has 0 saturated carbocycles. The van der Waals surface area contributed by atoms with E-state index in [0.717, 1.165) is 6.54 Å². The van der Waals surface area contributed by atoms with Gasteiger partial charge in [-0.05, 0) is 63.0 Å². The molecule has 7 heteroatoms. The summed E-state index contributed by atoms with van der Waals surface area (Å²) in [6, 6.07) is 7.89. The average molecular weight is 383 g/mol. The largest absolute Gasteiger partial charge is 0.507 e. The van der Waals surface area contributed by atoms with E-state index in [1.165, 1.54) is 29.2 Å². The Labute approximate surface area is 162 Å². The number of halogens is 1. The van der Waals surface area contributed by atoms with Crippen molar-refractivity contribution in [1.82, 2.24) is 14.8 Å². The maximum atomic E-state index is 13.2. The first-order valence-corrected chi connectivity index (χ1v) is 8.99. The summed E-state index contributed by atoms with van der Waals surface area (Å²) in [5, 5.41) is 10.8. The lowest BCUT2D eigenvalue weighted by Gasteiger charge is -2.25. The minimum absolute atomic E-state index is 0.00513. The Bertz CT molecular complexity index is 895. The molecule has 3 rings (SSSR count). The smallest absolute Gasteiger partial charge is 0.295 e. The Morgan fingerprint density at radius 1 is 1.21 bits per heavy atom. The Morgan fingerprint density at radius 2 is 1.93 bits per heavy atom. The summed E-state index contributed by atoms with van der Waals surface area (Å²) in [6.07, 6.45) is 3.85. The molecule has 2 heterocycles. The third kappa shape index (κ3) is 3.94. The van der Waals surface area contributed by atoms with Crippen LogP contribution in [0.4, 0.5) is 4.39 Å². The van der Waals surface area contributed by atoms with E-state index in [-0.39, 0.29) is 16.9 Å². The first kappa shape index (κ1) is 19.7. The highest BCUT2D eigenvalue weighted by Crippen LogP contribution is 2.39. The molecule has 1 fully saturated rings. The van der Waals surface area contributed by atoms with Crippen LogP contribution < -0.4 is 0 Å². The standard InChI is InChI=1S/C21H22FN3O3/c1-24(2)11-4-12-25-18(15-5-3-10-23-13-15)17(20(27)21(25)28)19(26)14-6-8-16(22)9-7-14/h3,5-10,13,18,26H,4,11-12H2,1-2H3/t18-/m1/s1. The zero-order chi connectivity index (χ0) is 20.3. The van der Waals surface area contributed by atoms with Crippen LogP contribution in [0.25, 0.3) is 5.76 Å². The summed E-state index contributed by atoms with van der Waals surface area (Å²) >= 11 is 0. The van der Waals surface area contributed by atoms with Gasteiger partial charge in [-0.2, -0.15) is 0 Å². The number of aromatic nitrogens is 1. The predicted octanol–water partition coefficient (Wildman–Crippen LogP) is 2.59. The molecule has 6 nitrogen and oxygen atoms in total. The minimum Gasteiger partial charge on any atom is -0.507 e. The predicted molar refractivity (Wildman–Crippen MR) is 103 cm³/mol. The Balaban J connectivity index is 2.06. The van der Waals surface area contributed by atoms with Crippen LogP contribution in [-0.2, 0) is 9.59 Å². The van der Waals surface area contributed by atoms with E-state index < -0.39 is 23.5 Å². The number of pyridine rings is 1. The molecule has 1 amide bonds. The van der Waals surface area contributed by atoms with E-state index >= 15 is 0 Å². The second kappa shape index (κ2) is 8.31. The summed E-state index contributed by atoms with van der Waals surface area (Å²) in [4.78, 5) is 33.0. The number of carbonyl (C=O) groups excluding carboxylic acids is 2. The number of benzene rings is 1. The molecule has 0 spiro atoms. The molecule has 1 aliphatic rings. The molecule has 1 aromatic heterocycles. The zero-order valence-electron chi connectivity index (χ0n) is 15.8. The van der Waals surface area contributed by atoms with E-state index in [9.17, 15) is 19.1 Å². The molecule has 0 bridgehead atoms. The average Bonchev–Trinajstić information content (AvgIpc) is 2.93. The monoisotopic (exact) mass is 383 g/mol. The van der Waals surface area contributed by atoms with Crippen molar-refractivity contribution in [2.24, 2.45) is 0 Å². The fraction of sp³-hybridized carbons (Fsp3) is 0.286. The molecule has 28 heavy (non-hydrogen) atoms. The van der Waals surface area contributed by atoms with Crippen molar-refractivity contribution in [1.29, 1.82) is 0 Å².